The van der Waals surface area contributed by atoms with Crippen LogP contribution < -0.4 is 0 Å². The molecule has 1 aliphatic rings. The Morgan fingerprint density at radius 2 is 1.77 bits per heavy atom. The van der Waals surface area contributed by atoms with Crippen molar-refractivity contribution in [1.29, 1.82) is 5.26 Å². The molecule has 1 aliphatic heterocycles. The molecule has 0 N–H and O–H groups in total. The van der Waals surface area contributed by atoms with E-state index in [-0.39, 0.29) is 5.91 Å². The van der Waals surface area contributed by atoms with Gasteiger partial charge in [0.2, 0.25) is 0 Å². The predicted octanol–water partition coefficient (Wildman–Crippen LogP) is 4.87. The molecule has 0 aliphatic carbocycles. The van der Waals surface area contributed by atoms with Crippen LogP contribution >= 0.6 is 23.1 Å². The third kappa shape index (κ3) is 5.11. The first-order valence-corrected chi connectivity index (χ1v) is 11.8. The summed E-state index contributed by atoms with van der Waals surface area (Å²) in [7, 11) is 0. The van der Waals surface area contributed by atoms with Gasteiger partial charge in [-0.1, -0.05) is 30.3 Å². The monoisotopic (exact) mass is 433 g/mol. The summed E-state index contributed by atoms with van der Waals surface area (Å²) in [5.41, 5.74) is 2.59. The number of piperazine rings is 1. The Morgan fingerprint density at radius 3 is 2.47 bits per heavy atom. The number of thioether (sulfide) groups is 1. The molecule has 30 heavy (non-hydrogen) atoms. The van der Waals surface area contributed by atoms with Gasteiger partial charge in [-0.15, -0.1) is 23.1 Å². The van der Waals surface area contributed by atoms with Gasteiger partial charge in [0.15, 0.2) is 0 Å². The van der Waals surface area contributed by atoms with Gasteiger partial charge < -0.3 is 4.90 Å². The summed E-state index contributed by atoms with van der Waals surface area (Å²) in [5, 5.41) is 11.1. The van der Waals surface area contributed by atoms with E-state index in [4.69, 9.17) is 5.26 Å². The molecule has 6 heteroatoms. The Labute approximate surface area is 185 Å². The summed E-state index contributed by atoms with van der Waals surface area (Å²) in [5.74, 6) is 0.888. The van der Waals surface area contributed by atoms with Gasteiger partial charge in [-0.25, -0.2) is 0 Å². The van der Waals surface area contributed by atoms with E-state index < -0.39 is 0 Å². The number of benzene rings is 2. The molecule has 1 fully saturated rings. The van der Waals surface area contributed by atoms with Crippen molar-refractivity contribution in [3.63, 3.8) is 0 Å². The minimum Gasteiger partial charge on any atom is -0.336 e. The zero-order valence-electron chi connectivity index (χ0n) is 16.7. The minimum atomic E-state index is 0.119. The van der Waals surface area contributed by atoms with Crippen molar-refractivity contribution in [3.8, 4) is 6.07 Å². The van der Waals surface area contributed by atoms with Crippen LogP contribution in [0.15, 0.2) is 70.9 Å². The van der Waals surface area contributed by atoms with Gasteiger partial charge in [-0.05, 0) is 41.3 Å². The summed E-state index contributed by atoms with van der Waals surface area (Å²) in [6.45, 7) is 4.31. The number of carbonyl (C=O) groups excluding carboxylic acids is 1. The van der Waals surface area contributed by atoms with Crippen molar-refractivity contribution in [2.75, 3.05) is 26.2 Å². The average molecular weight is 434 g/mol. The Bertz CT molecular complexity index is 1020. The van der Waals surface area contributed by atoms with Crippen LogP contribution in [0.25, 0.3) is 0 Å². The van der Waals surface area contributed by atoms with E-state index >= 15 is 0 Å². The third-order valence-corrected chi connectivity index (χ3v) is 7.22. The topological polar surface area (TPSA) is 47.3 Å². The maximum atomic E-state index is 13.2. The molecular formula is C24H23N3OS2. The molecular weight excluding hydrogens is 410 g/mol. The van der Waals surface area contributed by atoms with Crippen LogP contribution in [0, 0.1) is 11.3 Å². The molecule has 0 saturated carbocycles. The van der Waals surface area contributed by atoms with Crippen LogP contribution in [0.3, 0.4) is 0 Å². The largest absolute Gasteiger partial charge is 0.336 e. The van der Waals surface area contributed by atoms with Crippen LogP contribution in [0.1, 0.15) is 26.4 Å². The number of rotatable bonds is 6. The molecule has 0 spiro atoms. The van der Waals surface area contributed by atoms with Crippen LogP contribution in [0.4, 0.5) is 0 Å². The van der Waals surface area contributed by atoms with Crippen molar-refractivity contribution >= 4 is 29.0 Å². The summed E-state index contributed by atoms with van der Waals surface area (Å²) >= 11 is 3.46. The van der Waals surface area contributed by atoms with Gasteiger partial charge in [-0.3, -0.25) is 9.69 Å². The number of nitrogens with zero attached hydrogens (tertiary/aromatic N) is 3. The van der Waals surface area contributed by atoms with Gasteiger partial charge in [0.25, 0.3) is 5.91 Å². The highest BCUT2D eigenvalue weighted by Crippen LogP contribution is 2.28. The van der Waals surface area contributed by atoms with Crippen molar-refractivity contribution in [3.05, 3.63) is 87.6 Å². The van der Waals surface area contributed by atoms with Crippen molar-refractivity contribution in [1.82, 2.24) is 9.80 Å². The molecule has 3 aromatic rings. The smallest absolute Gasteiger partial charge is 0.255 e. The molecule has 0 unspecified atom stereocenters. The lowest BCUT2D eigenvalue weighted by molar-refractivity contribution is 0.0626. The fraction of sp³-hybridized carbons (Fsp3) is 0.250. The zero-order valence-corrected chi connectivity index (χ0v) is 18.3. The van der Waals surface area contributed by atoms with Gasteiger partial charge in [-0.2, -0.15) is 5.26 Å². The number of carbonyl (C=O) groups is 1. The van der Waals surface area contributed by atoms with Crippen LogP contribution in [-0.2, 0) is 12.3 Å². The summed E-state index contributed by atoms with van der Waals surface area (Å²) in [6.07, 6.45) is 0. The van der Waals surface area contributed by atoms with E-state index in [1.165, 1.54) is 4.88 Å². The molecule has 1 aromatic heterocycles. The van der Waals surface area contributed by atoms with Crippen LogP contribution in [0.2, 0.25) is 0 Å². The second-order valence-corrected chi connectivity index (χ2v) is 9.29. The van der Waals surface area contributed by atoms with E-state index in [1.807, 2.05) is 53.4 Å². The SMILES string of the molecule is N#Cc1ccc(CSc2ccccc2C(=O)N2CCN(Cc3cccs3)CC2)cc1. The second-order valence-electron chi connectivity index (χ2n) is 7.24. The lowest BCUT2D eigenvalue weighted by Gasteiger charge is -2.34. The van der Waals surface area contributed by atoms with Crippen LogP contribution in [-0.4, -0.2) is 41.9 Å². The Kier molecular flexibility index (Phi) is 6.85. The molecule has 2 heterocycles. The normalized spacial score (nSPS) is 14.4. The third-order valence-electron chi connectivity index (χ3n) is 5.21. The molecule has 1 saturated heterocycles. The standard InChI is InChI=1S/C24H23N3OS2/c25-16-19-7-9-20(10-8-19)18-30-23-6-2-1-5-22(23)24(28)27-13-11-26(12-14-27)17-21-4-3-15-29-21/h1-10,15H,11-14,17-18H2. The lowest BCUT2D eigenvalue weighted by atomic mass is 10.1. The first-order valence-electron chi connectivity index (χ1n) is 9.98. The quantitative estimate of drug-likeness (QED) is 0.521. The Morgan fingerprint density at radius 1 is 1.00 bits per heavy atom. The summed E-state index contributed by atoms with van der Waals surface area (Å²) < 4.78 is 0. The van der Waals surface area contributed by atoms with E-state index in [1.54, 1.807) is 23.1 Å². The molecule has 4 nitrogen and oxygen atoms in total. The van der Waals surface area contributed by atoms with Crippen molar-refractivity contribution in [2.24, 2.45) is 0 Å². The second kappa shape index (κ2) is 9.94. The number of hydrogen-bond donors (Lipinski definition) is 0. The number of hydrogen-bond acceptors (Lipinski definition) is 5. The van der Waals surface area contributed by atoms with Gasteiger partial charge in [0, 0.05) is 48.2 Å². The first kappa shape index (κ1) is 20.7. The summed E-state index contributed by atoms with van der Waals surface area (Å²) in [6, 6.07) is 21.9. The molecule has 152 valence electrons. The number of nitriles is 1. The van der Waals surface area contributed by atoms with E-state index in [0.29, 0.717) is 5.56 Å². The zero-order chi connectivity index (χ0) is 20.8. The fourth-order valence-electron chi connectivity index (χ4n) is 3.51. The molecule has 0 bridgehead atoms. The fourth-order valence-corrected chi connectivity index (χ4v) is 5.25. The highest BCUT2D eigenvalue weighted by Gasteiger charge is 2.24. The minimum absolute atomic E-state index is 0.119. The molecule has 4 rings (SSSR count). The van der Waals surface area contributed by atoms with Crippen molar-refractivity contribution in [2.45, 2.75) is 17.2 Å². The average Bonchev–Trinajstić information content (AvgIpc) is 3.31. The molecule has 1 amide bonds. The molecule has 2 aromatic carbocycles. The predicted molar refractivity (Wildman–Crippen MR) is 123 cm³/mol. The Balaban J connectivity index is 1.36. The van der Waals surface area contributed by atoms with Gasteiger partial charge in [0.05, 0.1) is 17.2 Å². The van der Waals surface area contributed by atoms with E-state index in [0.717, 1.165) is 54.5 Å². The first-order chi connectivity index (χ1) is 14.7. The van der Waals surface area contributed by atoms with Crippen molar-refractivity contribution < 1.29 is 4.79 Å². The van der Waals surface area contributed by atoms with Gasteiger partial charge >= 0.3 is 0 Å². The maximum Gasteiger partial charge on any atom is 0.255 e. The van der Waals surface area contributed by atoms with E-state index in [9.17, 15) is 4.79 Å². The maximum absolute atomic E-state index is 13.2. The number of amides is 1. The highest BCUT2D eigenvalue weighted by molar-refractivity contribution is 7.98. The molecule has 0 atom stereocenters. The number of thiophene rings is 1. The van der Waals surface area contributed by atoms with E-state index in [2.05, 4.69) is 28.5 Å². The molecule has 0 radical (unpaired) electrons. The van der Waals surface area contributed by atoms with Gasteiger partial charge in [0.1, 0.15) is 0 Å². The van der Waals surface area contributed by atoms with Crippen LogP contribution in [0.5, 0.6) is 0 Å². The Hall–Kier alpha value is -2.59. The lowest BCUT2D eigenvalue weighted by Crippen LogP contribution is -2.48. The summed E-state index contributed by atoms with van der Waals surface area (Å²) in [4.78, 5) is 20.0. The highest BCUT2D eigenvalue weighted by atomic mass is 32.2.